The molecule has 1 atom stereocenters. The van der Waals surface area contributed by atoms with Gasteiger partial charge in [0.25, 0.3) is 0 Å². The van der Waals surface area contributed by atoms with Gasteiger partial charge in [-0.1, -0.05) is 27.4 Å². The van der Waals surface area contributed by atoms with Gasteiger partial charge in [-0.05, 0) is 18.8 Å². The van der Waals surface area contributed by atoms with Crippen LogP contribution < -0.4 is 5.32 Å². The lowest BCUT2D eigenvalue weighted by atomic mass is 9.96. The molecule has 0 amide bonds. The highest BCUT2D eigenvalue weighted by Crippen LogP contribution is 2.16. The van der Waals surface area contributed by atoms with Gasteiger partial charge in [0.15, 0.2) is 0 Å². The van der Waals surface area contributed by atoms with Crippen LogP contribution in [0, 0.1) is 5.41 Å². The Balaban J connectivity index is 2.26. The Morgan fingerprint density at radius 1 is 1.50 bits per heavy atom. The zero-order valence-electron chi connectivity index (χ0n) is 10.1. The first-order valence-corrected chi connectivity index (χ1v) is 5.52. The smallest absolute Gasteiger partial charge is 0.0329 e. The van der Waals surface area contributed by atoms with Crippen molar-refractivity contribution in [2.45, 2.75) is 40.2 Å². The number of nitrogens with zero attached hydrogens (tertiary/aromatic N) is 1. The van der Waals surface area contributed by atoms with Crippen LogP contribution in [0.25, 0.3) is 0 Å². The van der Waals surface area contributed by atoms with E-state index in [9.17, 15) is 0 Å². The molecule has 0 aromatic heterocycles. The first kappa shape index (κ1) is 11.6. The maximum Gasteiger partial charge on any atom is 0.0329 e. The highest BCUT2D eigenvalue weighted by Gasteiger charge is 2.22. The Morgan fingerprint density at radius 2 is 2.14 bits per heavy atom. The largest absolute Gasteiger partial charge is 0.374 e. The number of likely N-dealkylation sites (tertiary alicyclic amines) is 1. The molecule has 1 fully saturated rings. The fourth-order valence-corrected chi connectivity index (χ4v) is 1.72. The van der Waals surface area contributed by atoms with E-state index in [4.69, 9.17) is 0 Å². The van der Waals surface area contributed by atoms with Crippen LogP contribution in [0.2, 0.25) is 0 Å². The Hall–Kier alpha value is -0.500. The second-order valence-corrected chi connectivity index (χ2v) is 5.61. The first-order chi connectivity index (χ1) is 6.38. The molecule has 0 aromatic rings. The molecule has 2 heteroatoms. The van der Waals surface area contributed by atoms with Crippen LogP contribution >= 0.6 is 0 Å². The van der Waals surface area contributed by atoms with E-state index >= 15 is 0 Å². The predicted molar refractivity (Wildman–Crippen MR) is 62.2 cm³/mol. The van der Waals surface area contributed by atoms with Crippen LogP contribution in [0.15, 0.2) is 12.3 Å². The van der Waals surface area contributed by atoms with Gasteiger partial charge in [0, 0.05) is 31.4 Å². The Morgan fingerprint density at radius 3 is 2.57 bits per heavy atom. The normalized spacial score (nSPS) is 22.9. The van der Waals surface area contributed by atoms with Gasteiger partial charge in [-0.25, -0.2) is 0 Å². The Bertz CT molecular complexity index is 203. The monoisotopic (exact) mass is 196 g/mol. The highest BCUT2D eigenvalue weighted by molar-refractivity contribution is 4.95. The minimum atomic E-state index is 0.386. The molecule has 1 saturated heterocycles. The molecular formula is C12H24N2. The zero-order valence-corrected chi connectivity index (χ0v) is 10.1. The van der Waals surface area contributed by atoms with Gasteiger partial charge < -0.3 is 10.2 Å². The van der Waals surface area contributed by atoms with E-state index in [2.05, 4.69) is 44.5 Å². The summed E-state index contributed by atoms with van der Waals surface area (Å²) in [7, 11) is 0. The van der Waals surface area contributed by atoms with E-state index in [0.717, 1.165) is 19.6 Å². The average Bonchev–Trinajstić information content (AvgIpc) is 2.47. The van der Waals surface area contributed by atoms with Gasteiger partial charge in [-0.2, -0.15) is 0 Å². The van der Waals surface area contributed by atoms with E-state index in [-0.39, 0.29) is 0 Å². The summed E-state index contributed by atoms with van der Waals surface area (Å²) in [6.45, 7) is 16.3. The van der Waals surface area contributed by atoms with Crippen molar-refractivity contribution in [3.8, 4) is 0 Å². The molecule has 82 valence electrons. The van der Waals surface area contributed by atoms with Gasteiger partial charge in [-0.3, -0.25) is 0 Å². The molecule has 0 saturated carbocycles. The highest BCUT2D eigenvalue weighted by atomic mass is 15.2. The van der Waals surface area contributed by atoms with Crippen molar-refractivity contribution in [3.05, 3.63) is 12.3 Å². The fraction of sp³-hybridized carbons (Fsp3) is 0.833. The summed E-state index contributed by atoms with van der Waals surface area (Å²) < 4.78 is 0. The Labute approximate surface area is 88.4 Å². The third-order valence-electron chi connectivity index (χ3n) is 2.65. The van der Waals surface area contributed by atoms with Crippen molar-refractivity contribution in [2.75, 3.05) is 19.6 Å². The molecule has 2 nitrogen and oxygen atoms in total. The first-order valence-electron chi connectivity index (χ1n) is 5.52. The number of hydrogen-bond donors (Lipinski definition) is 1. The van der Waals surface area contributed by atoms with Gasteiger partial charge in [0.1, 0.15) is 0 Å². The standard InChI is InChI=1S/C12H24N2/c1-10(2)14-7-6-11(8-14)13-9-12(3,4)5/h11,13H,1,6-9H2,2-5H3. The maximum absolute atomic E-state index is 3.98. The van der Waals surface area contributed by atoms with Crippen molar-refractivity contribution in [1.82, 2.24) is 10.2 Å². The summed E-state index contributed by atoms with van der Waals surface area (Å²) in [5.41, 5.74) is 1.58. The van der Waals surface area contributed by atoms with Crippen LogP contribution in [-0.4, -0.2) is 30.6 Å². The number of allylic oxidation sites excluding steroid dienone is 1. The lowest BCUT2D eigenvalue weighted by Gasteiger charge is -2.23. The molecule has 0 aliphatic carbocycles. The summed E-state index contributed by atoms with van der Waals surface area (Å²) in [5.74, 6) is 0. The summed E-state index contributed by atoms with van der Waals surface area (Å²) in [4.78, 5) is 2.36. The summed E-state index contributed by atoms with van der Waals surface area (Å²) >= 11 is 0. The lowest BCUT2D eigenvalue weighted by Crippen LogP contribution is -2.37. The lowest BCUT2D eigenvalue weighted by molar-refractivity contribution is 0.343. The number of rotatable bonds is 3. The third kappa shape index (κ3) is 3.70. The second-order valence-electron chi connectivity index (χ2n) is 5.61. The minimum Gasteiger partial charge on any atom is -0.374 e. The van der Waals surface area contributed by atoms with Crippen molar-refractivity contribution < 1.29 is 0 Å². The van der Waals surface area contributed by atoms with Crippen molar-refractivity contribution in [2.24, 2.45) is 5.41 Å². The van der Waals surface area contributed by atoms with Crippen molar-refractivity contribution in [1.29, 1.82) is 0 Å². The van der Waals surface area contributed by atoms with E-state index in [1.165, 1.54) is 12.1 Å². The predicted octanol–water partition coefficient (Wildman–Crippen LogP) is 2.23. The summed E-state index contributed by atoms with van der Waals surface area (Å²) in [5, 5.41) is 3.62. The summed E-state index contributed by atoms with van der Waals surface area (Å²) in [6.07, 6.45) is 1.25. The van der Waals surface area contributed by atoms with Crippen molar-refractivity contribution in [3.63, 3.8) is 0 Å². The summed E-state index contributed by atoms with van der Waals surface area (Å²) in [6, 6.07) is 0.658. The van der Waals surface area contributed by atoms with E-state index < -0.39 is 0 Å². The fourth-order valence-electron chi connectivity index (χ4n) is 1.72. The molecule has 1 rings (SSSR count). The quantitative estimate of drug-likeness (QED) is 0.744. The number of hydrogen-bond acceptors (Lipinski definition) is 2. The molecule has 1 heterocycles. The van der Waals surface area contributed by atoms with E-state index in [1.54, 1.807) is 0 Å². The van der Waals surface area contributed by atoms with Crippen LogP contribution in [0.1, 0.15) is 34.1 Å². The van der Waals surface area contributed by atoms with E-state index in [0.29, 0.717) is 11.5 Å². The molecule has 1 unspecified atom stereocenters. The molecule has 0 bridgehead atoms. The van der Waals surface area contributed by atoms with Crippen molar-refractivity contribution >= 4 is 0 Å². The molecule has 14 heavy (non-hydrogen) atoms. The Kier molecular flexibility index (Phi) is 3.59. The average molecular weight is 196 g/mol. The molecule has 1 N–H and O–H groups in total. The molecule has 1 aliphatic heterocycles. The van der Waals surface area contributed by atoms with Gasteiger partial charge in [0.05, 0.1) is 0 Å². The molecule has 0 radical (unpaired) electrons. The SMILES string of the molecule is C=C(C)N1CCC(NCC(C)(C)C)C1. The molecule has 0 spiro atoms. The zero-order chi connectivity index (χ0) is 10.8. The minimum absolute atomic E-state index is 0.386. The third-order valence-corrected chi connectivity index (χ3v) is 2.65. The molecule has 1 aliphatic rings. The maximum atomic E-state index is 3.98. The molecule has 0 aromatic carbocycles. The molecular weight excluding hydrogens is 172 g/mol. The topological polar surface area (TPSA) is 15.3 Å². The van der Waals surface area contributed by atoms with Crippen LogP contribution in [0.4, 0.5) is 0 Å². The number of nitrogens with one attached hydrogen (secondary N) is 1. The van der Waals surface area contributed by atoms with Gasteiger partial charge in [0.2, 0.25) is 0 Å². The van der Waals surface area contributed by atoms with Crippen LogP contribution in [0.5, 0.6) is 0 Å². The second kappa shape index (κ2) is 4.35. The van der Waals surface area contributed by atoms with Gasteiger partial charge >= 0.3 is 0 Å². The van der Waals surface area contributed by atoms with E-state index in [1.807, 2.05) is 0 Å². The van der Waals surface area contributed by atoms with Crippen LogP contribution in [-0.2, 0) is 0 Å². The van der Waals surface area contributed by atoms with Crippen LogP contribution in [0.3, 0.4) is 0 Å². The van der Waals surface area contributed by atoms with Gasteiger partial charge in [-0.15, -0.1) is 0 Å².